The first-order valence-electron chi connectivity index (χ1n) is 12.9. The lowest BCUT2D eigenvalue weighted by Crippen LogP contribution is -2.52. The number of imidazole rings is 1. The van der Waals surface area contributed by atoms with Crippen molar-refractivity contribution in [2.45, 2.75) is 58.4 Å². The largest absolute Gasteiger partial charge is 0.449 e. The Hall–Kier alpha value is -2.38. The molecule has 1 aromatic carbocycles. The summed E-state index contributed by atoms with van der Waals surface area (Å²) in [5, 5.41) is 0. The van der Waals surface area contributed by atoms with E-state index in [4.69, 9.17) is 9.47 Å². The molecule has 2 aliphatic rings. The van der Waals surface area contributed by atoms with Crippen LogP contribution in [0.2, 0.25) is 0 Å². The van der Waals surface area contributed by atoms with E-state index in [-0.39, 0.29) is 12.1 Å². The number of aromatic nitrogens is 2. The molecule has 0 N–H and O–H groups in total. The van der Waals surface area contributed by atoms with Gasteiger partial charge in [-0.25, -0.2) is 18.3 Å². The van der Waals surface area contributed by atoms with Gasteiger partial charge in [-0.15, -0.1) is 0 Å². The molecular weight excluding hydrogens is 523 g/mol. The Balaban J connectivity index is 1.46. The van der Waals surface area contributed by atoms with E-state index in [0.717, 1.165) is 12.8 Å². The Morgan fingerprint density at radius 1 is 1.16 bits per heavy atom. The monoisotopic (exact) mass is 559 g/mol. The summed E-state index contributed by atoms with van der Waals surface area (Å²) in [6.45, 7) is 8.38. The number of carbonyl (C=O) groups excluding carboxylic acids is 1. The third-order valence-corrected chi connectivity index (χ3v) is 8.28. The van der Waals surface area contributed by atoms with E-state index in [2.05, 4.69) is 4.98 Å². The van der Waals surface area contributed by atoms with Crippen molar-refractivity contribution in [1.29, 1.82) is 0 Å². The molecule has 2 aromatic rings. The molecule has 2 fully saturated rings. The molecule has 4 rings (SSSR count). The van der Waals surface area contributed by atoms with Crippen LogP contribution < -0.4 is 4.31 Å². The number of rotatable bonds is 6. The van der Waals surface area contributed by atoms with Crippen LogP contribution in [0.3, 0.4) is 0 Å². The summed E-state index contributed by atoms with van der Waals surface area (Å²) in [5.74, 6) is -0.593. The zero-order valence-corrected chi connectivity index (χ0v) is 23.1. The smallest absolute Gasteiger partial charge is 0.444 e. The number of fused-ring (bicyclic) bond motifs is 1. The molecule has 38 heavy (non-hydrogen) atoms. The van der Waals surface area contributed by atoms with Crippen LogP contribution in [-0.4, -0.2) is 81.1 Å². The maximum Gasteiger partial charge on any atom is 0.449 e. The summed E-state index contributed by atoms with van der Waals surface area (Å²) in [7, 11) is 1.63. The van der Waals surface area contributed by atoms with Crippen LogP contribution in [-0.2, 0) is 33.4 Å². The van der Waals surface area contributed by atoms with E-state index in [1.807, 2.05) is 0 Å². The van der Waals surface area contributed by atoms with Crippen LogP contribution in [0.25, 0.3) is 11.0 Å². The lowest BCUT2D eigenvalue weighted by Gasteiger charge is -2.36. The van der Waals surface area contributed by atoms with Crippen molar-refractivity contribution in [3.63, 3.8) is 0 Å². The molecule has 0 bridgehead atoms. The molecule has 2 saturated heterocycles. The zero-order valence-electron chi connectivity index (χ0n) is 22.3. The molecule has 212 valence electrons. The number of halogens is 3. The van der Waals surface area contributed by atoms with Crippen molar-refractivity contribution in [3.05, 3.63) is 24.0 Å². The minimum absolute atomic E-state index is 0.209. The highest BCUT2D eigenvalue weighted by Gasteiger charge is 2.38. The second-order valence-electron chi connectivity index (χ2n) is 10.7. The fourth-order valence-corrected chi connectivity index (χ4v) is 5.84. The van der Waals surface area contributed by atoms with Crippen molar-refractivity contribution in [2.75, 3.05) is 50.7 Å². The van der Waals surface area contributed by atoms with Crippen molar-refractivity contribution in [2.24, 2.45) is 5.92 Å². The molecule has 1 aromatic heterocycles. The average Bonchev–Trinajstić information content (AvgIpc) is 3.25. The standard InChI is InChI=1S/C25H36F3N5O4S/c1-24(2,3)37-23(34)31-11-13-32(14-12-31)38(35)30(4)19-5-6-21-20(17-19)29-22(25(26,27)28)33(21)10-7-18-8-15-36-16-9-18/h5-6,17-18H,7-16H2,1-4H3. The number of anilines is 1. The molecule has 2 aliphatic heterocycles. The maximum atomic E-state index is 13.9. The van der Waals surface area contributed by atoms with Crippen LogP contribution >= 0.6 is 0 Å². The van der Waals surface area contributed by atoms with E-state index in [9.17, 15) is 22.2 Å². The first kappa shape index (κ1) is 28.6. The Morgan fingerprint density at radius 2 is 1.82 bits per heavy atom. The Bertz CT molecular complexity index is 1150. The number of alkyl halides is 3. The predicted octanol–water partition coefficient (Wildman–Crippen LogP) is 4.44. The van der Waals surface area contributed by atoms with Gasteiger partial charge in [-0.3, -0.25) is 4.31 Å². The summed E-state index contributed by atoms with van der Waals surface area (Å²) in [4.78, 5) is 17.8. The molecule has 0 spiro atoms. The molecule has 1 unspecified atom stereocenters. The quantitative estimate of drug-likeness (QED) is 0.523. The van der Waals surface area contributed by atoms with Crippen LogP contribution in [0, 0.1) is 5.92 Å². The minimum Gasteiger partial charge on any atom is -0.444 e. The van der Waals surface area contributed by atoms with Gasteiger partial charge < -0.3 is 18.9 Å². The van der Waals surface area contributed by atoms with Crippen molar-refractivity contribution >= 4 is 34.0 Å². The first-order valence-corrected chi connectivity index (χ1v) is 13.9. The van der Waals surface area contributed by atoms with Crippen LogP contribution in [0.5, 0.6) is 0 Å². The van der Waals surface area contributed by atoms with Crippen LogP contribution in [0.1, 0.15) is 45.9 Å². The molecule has 9 nitrogen and oxygen atoms in total. The molecule has 0 aliphatic carbocycles. The number of hydrogen-bond donors (Lipinski definition) is 0. The summed E-state index contributed by atoms with van der Waals surface area (Å²) < 4.78 is 70.1. The minimum atomic E-state index is -4.59. The molecular formula is C25H36F3N5O4S. The number of nitrogens with zero attached hydrogens (tertiary/aromatic N) is 5. The Morgan fingerprint density at radius 3 is 2.42 bits per heavy atom. The van der Waals surface area contributed by atoms with Gasteiger partial charge in [0.1, 0.15) is 5.60 Å². The summed E-state index contributed by atoms with van der Waals surface area (Å²) in [6, 6.07) is 4.83. The second kappa shape index (κ2) is 11.4. The van der Waals surface area contributed by atoms with Gasteiger partial charge in [-0.2, -0.15) is 13.2 Å². The SMILES string of the molecule is CN(c1ccc2c(c1)nc(C(F)(F)F)n2CCC1CCOCC1)S(=O)N1CCN(C(=O)OC(C)(C)C)CC1. The van der Waals surface area contributed by atoms with Gasteiger partial charge in [0.25, 0.3) is 0 Å². The van der Waals surface area contributed by atoms with E-state index in [0.29, 0.717) is 62.9 Å². The van der Waals surface area contributed by atoms with E-state index >= 15 is 0 Å². The number of carbonyl (C=O) groups is 1. The predicted molar refractivity (Wildman–Crippen MR) is 139 cm³/mol. The molecule has 0 saturated carbocycles. The summed E-state index contributed by atoms with van der Waals surface area (Å²) >= 11 is -1.60. The van der Waals surface area contributed by atoms with Crippen molar-refractivity contribution in [1.82, 2.24) is 18.8 Å². The fourth-order valence-electron chi connectivity index (χ4n) is 4.72. The lowest BCUT2D eigenvalue weighted by atomic mass is 9.96. The highest BCUT2D eigenvalue weighted by molar-refractivity contribution is 7.84. The van der Waals surface area contributed by atoms with Gasteiger partial charge in [-0.1, -0.05) is 0 Å². The van der Waals surface area contributed by atoms with Crippen LogP contribution in [0.15, 0.2) is 18.2 Å². The third kappa shape index (κ3) is 6.78. The number of ether oxygens (including phenoxy) is 2. The average molecular weight is 560 g/mol. The fraction of sp³-hybridized carbons (Fsp3) is 0.680. The molecule has 3 heterocycles. The van der Waals surface area contributed by atoms with Gasteiger partial charge in [-0.05, 0) is 64.2 Å². The molecule has 0 radical (unpaired) electrons. The van der Waals surface area contributed by atoms with Crippen LogP contribution in [0.4, 0.5) is 23.7 Å². The number of hydrogen-bond acceptors (Lipinski definition) is 5. The summed E-state index contributed by atoms with van der Waals surface area (Å²) in [6.07, 6.45) is -2.67. The van der Waals surface area contributed by atoms with E-state index in [1.165, 1.54) is 8.87 Å². The van der Waals surface area contributed by atoms with E-state index in [1.54, 1.807) is 55.2 Å². The normalized spacial score (nSPS) is 19.1. The third-order valence-electron chi connectivity index (χ3n) is 6.80. The molecule has 1 atom stereocenters. The first-order chi connectivity index (χ1) is 17.8. The van der Waals surface area contributed by atoms with Gasteiger partial charge in [0, 0.05) is 53.0 Å². The highest BCUT2D eigenvalue weighted by Crippen LogP contribution is 2.34. The van der Waals surface area contributed by atoms with Crippen molar-refractivity contribution in [3.8, 4) is 0 Å². The molecule has 13 heteroatoms. The highest BCUT2D eigenvalue weighted by atomic mass is 32.2. The zero-order chi connectivity index (χ0) is 27.7. The number of aryl methyl sites for hydroxylation is 1. The van der Waals surface area contributed by atoms with Crippen molar-refractivity contribution < 1.29 is 31.6 Å². The number of benzene rings is 1. The van der Waals surface area contributed by atoms with Gasteiger partial charge in [0.05, 0.1) is 16.7 Å². The Labute approximate surface area is 223 Å². The van der Waals surface area contributed by atoms with Gasteiger partial charge >= 0.3 is 12.3 Å². The summed E-state index contributed by atoms with van der Waals surface area (Å²) in [5.41, 5.74) is 0.506. The van der Waals surface area contributed by atoms with Gasteiger partial charge in [0.15, 0.2) is 11.2 Å². The number of amides is 1. The van der Waals surface area contributed by atoms with E-state index < -0.39 is 34.9 Å². The maximum absolute atomic E-state index is 13.9. The lowest BCUT2D eigenvalue weighted by molar-refractivity contribution is -0.147. The van der Waals surface area contributed by atoms with Gasteiger partial charge in [0.2, 0.25) is 5.82 Å². The molecule has 1 amide bonds. The Kier molecular flexibility index (Phi) is 8.58. The number of piperazine rings is 1. The topological polar surface area (TPSA) is 80.1 Å². The second-order valence-corrected chi connectivity index (χ2v) is 12.3.